The maximum absolute atomic E-state index is 12.8. The van der Waals surface area contributed by atoms with Crippen LogP contribution in [0.15, 0.2) is 18.2 Å². The first-order chi connectivity index (χ1) is 16.1. The van der Waals surface area contributed by atoms with Gasteiger partial charge in [-0.2, -0.15) is 8.42 Å². The normalized spacial score (nSPS) is 12.9. The SMILES string of the molecule is CCCC(C)(C)C(=O)Oc1ccc(C(CN)OS(C)(=O)=O)cc1OC(=O)C(C)(C)CCC.CCO. The number of nitrogens with two attached hydrogens (primary N) is 1. The summed E-state index contributed by atoms with van der Waals surface area (Å²) in [5, 5.41) is 7.57. The molecule has 3 N–H and O–H groups in total. The lowest BCUT2D eigenvalue weighted by molar-refractivity contribution is -0.147. The van der Waals surface area contributed by atoms with E-state index < -0.39 is 39.0 Å². The number of ether oxygens (including phenoxy) is 2. The summed E-state index contributed by atoms with van der Waals surface area (Å²) in [4.78, 5) is 25.6. The summed E-state index contributed by atoms with van der Waals surface area (Å²) < 4.78 is 39.5. The van der Waals surface area contributed by atoms with Crippen LogP contribution in [0.3, 0.4) is 0 Å². The van der Waals surface area contributed by atoms with Crippen molar-refractivity contribution in [1.29, 1.82) is 0 Å². The van der Waals surface area contributed by atoms with Crippen molar-refractivity contribution >= 4 is 22.1 Å². The summed E-state index contributed by atoms with van der Waals surface area (Å²) in [6, 6.07) is 4.42. The molecule has 1 unspecified atom stereocenters. The monoisotopic (exact) mass is 517 g/mol. The Morgan fingerprint density at radius 2 is 1.37 bits per heavy atom. The quantitative estimate of drug-likeness (QED) is 0.238. The molecule has 0 aliphatic carbocycles. The first-order valence-corrected chi connectivity index (χ1v) is 13.7. The van der Waals surface area contributed by atoms with Crippen LogP contribution in [0, 0.1) is 10.8 Å². The molecule has 1 aromatic carbocycles. The number of rotatable bonds is 12. The van der Waals surface area contributed by atoms with Crippen LogP contribution in [-0.4, -0.2) is 44.9 Å². The van der Waals surface area contributed by atoms with E-state index in [1.807, 2.05) is 13.8 Å². The fraction of sp³-hybridized carbons (Fsp3) is 0.680. The van der Waals surface area contributed by atoms with Crippen LogP contribution >= 0.6 is 0 Å². The summed E-state index contributed by atoms with van der Waals surface area (Å²) >= 11 is 0. The Morgan fingerprint density at radius 3 is 1.74 bits per heavy atom. The lowest BCUT2D eigenvalue weighted by atomic mass is 9.88. The van der Waals surface area contributed by atoms with E-state index in [0.717, 1.165) is 19.1 Å². The van der Waals surface area contributed by atoms with E-state index in [1.165, 1.54) is 18.2 Å². The van der Waals surface area contributed by atoms with Crippen molar-refractivity contribution in [2.45, 2.75) is 80.3 Å². The molecule has 1 aromatic rings. The van der Waals surface area contributed by atoms with Gasteiger partial charge in [0.15, 0.2) is 11.5 Å². The third kappa shape index (κ3) is 11.5. The van der Waals surface area contributed by atoms with Gasteiger partial charge in [0.05, 0.1) is 17.1 Å². The Kier molecular flexibility index (Phi) is 13.7. The molecule has 0 radical (unpaired) electrons. The van der Waals surface area contributed by atoms with Crippen LogP contribution in [0.25, 0.3) is 0 Å². The topological polar surface area (TPSA) is 142 Å². The molecule has 0 saturated heterocycles. The van der Waals surface area contributed by atoms with E-state index in [9.17, 15) is 18.0 Å². The summed E-state index contributed by atoms with van der Waals surface area (Å²) in [6.07, 6.45) is 2.76. The van der Waals surface area contributed by atoms with E-state index in [-0.39, 0.29) is 24.7 Å². The van der Waals surface area contributed by atoms with E-state index >= 15 is 0 Å². The molecule has 0 saturated carbocycles. The first-order valence-electron chi connectivity index (χ1n) is 11.9. The average Bonchev–Trinajstić information content (AvgIpc) is 2.73. The molecular formula is C25H43NO8S. The van der Waals surface area contributed by atoms with Crippen molar-refractivity contribution in [3.05, 3.63) is 23.8 Å². The van der Waals surface area contributed by atoms with Crippen molar-refractivity contribution in [2.75, 3.05) is 19.4 Å². The van der Waals surface area contributed by atoms with Crippen LogP contribution < -0.4 is 15.2 Å². The number of carbonyl (C=O) groups is 2. The molecule has 35 heavy (non-hydrogen) atoms. The molecule has 0 heterocycles. The molecule has 1 rings (SSSR count). The lowest BCUT2D eigenvalue weighted by Crippen LogP contribution is -2.31. The second-order valence-electron chi connectivity index (χ2n) is 9.59. The van der Waals surface area contributed by atoms with Gasteiger partial charge in [-0.3, -0.25) is 13.8 Å². The molecule has 0 aromatic heterocycles. The van der Waals surface area contributed by atoms with Crippen LogP contribution in [0.1, 0.15) is 85.8 Å². The summed E-state index contributed by atoms with van der Waals surface area (Å²) in [5.74, 6) is -0.874. The minimum absolute atomic E-state index is 0.00729. The molecule has 9 nitrogen and oxygen atoms in total. The molecule has 0 aliphatic rings. The van der Waals surface area contributed by atoms with E-state index in [2.05, 4.69) is 0 Å². The van der Waals surface area contributed by atoms with E-state index in [1.54, 1.807) is 34.6 Å². The van der Waals surface area contributed by atoms with E-state index in [0.29, 0.717) is 18.4 Å². The third-order valence-electron chi connectivity index (χ3n) is 5.11. The molecular weight excluding hydrogens is 474 g/mol. The molecule has 0 fully saturated rings. The van der Waals surface area contributed by atoms with Gasteiger partial charge in [0, 0.05) is 13.2 Å². The first kappa shape index (κ1) is 33.0. The highest BCUT2D eigenvalue weighted by molar-refractivity contribution is 7.86. The second-order valence-corrected chi connectivity index (χ2v) is 11.2. The Labute approximate surface area is 210 Å². The maximum atomic E-state index is 12.8. The Hall–Kier alpha value is -2.01. The Morgan fingerprint density at radius 1 is 0.943 bits per heavy atom. The van der Waals surface area contributed by atoms with Gasteiger partial charge in [0.25, 0.3) is 10.1 Å². The lowest BCUT2D eigenvalue weighted by Gasteiger charge is -2.25. The predicted octanol–water partition coefficient (Wildman–Crippen LogP) is 4.12. The molecule has 0 spiro atoms. The highest BCUT2D eigenvalue weighted by Gasteiger charge is 2.32. The number of aliphatic hydroxyl groups excluding tert-OH is 1. The predicted molar refractivity (Wildman–Crippen MR) is 136 cm³/mol. The minimum Gasteiger partial charge on any atom is -0.422 e. The zero-order valence-electron chi connectivity index (χ0n) is 22.3. The van der Waals surface area contributed by atoms with Gasteiger partial charge in [0.2, 0.25) is 0 Å². The molecule has 1 atom stereocenters. The fourth-order valence-electron chi connectivity index (χ4n) is 3.26. The standard InChI is InChI=1S/C23H37NO7S.C2H6O/c1-8-12-22(3,4)20(25)29-17-11-10-16(19(15-24)31-32(7,27)28)14-18(17)30-21(26)23(5,6)13-9-2;1-2-3/h10-11,14,19H,8-9,12-13,15,24H2,1-7H3;3H,2H2,1H3. The zero-order valence-corrected chi connectivity index (χ0v) is 23.2. The van der Waals surface area contributed by atoms with Gasteiger partial charge in [-0.25, -0.2) is 0 Å². The number of hydrogen-bond donors (Lipinski definition) is 2. The largest absolute Gasteiger partial charge is 0.422 e. The zero-order chi connectivity index (χ0) is 27.4. The molecule has 10 heteroatoms. The van der Waals surface area contributed by atoms with Crippen LogP contribution in [0.4, 0.5) is 0 Å². The van der Waals surface area contributed by atoms with Crippen LogP contribution in [0.2, 0.25) is 0 Å². The highest BCUT2D eigenvalue weighted by atomic mass is 32.2. The molecule has 0 amide bonds. The second kappa shape index (κ2) is 14.5. The maximum Gasteiger partial charge on any atom is 0.317 e. The number of carbonyl (C=O) groups excluding carboxylic acids is 2. The van der Waals surface area contributed by atoms with Crippen LogP contribution in [0.5, 0.6) is 11.5 Å². The number of benzene rings is 1. The number of esters is 2. The smallest absolute Gasteiger partial charge is 0.317 e. The van der Waals surface area contributed by atoms with Gasteiger partial charge < -0.3 is 20.3 Å². The van der Waals surface area contributed by atoms with Crippen molar-refractivity contribution in [3.63, 3.8) is 0 Å². The Balaban J connectivity index is 0.00000365. The molecule has 0 aliphatic heterocycles. The van der Waals surface area contributed by atoms with Gasteiger partial charge >= 0.3 is 11.9 Å². The summed E-state index contributed by atoms with van der Waals surface area (Å²) in [5.41, 5.74) is 4.59. The summed E-state index contributed by atoms with van der Waals surface area (Å²) in [6.45, 7) is 12.9. The molecule has 0 bridgehead atoms. The van der Waals surface area contributed by atoms with Crippen LogP contribution in [-0.2, 0) is 23.9 Å². The number of aliphatic hydroxyl groups is 1. The Bertz CT molecular complexity index is 925. The average molecular weight is 518 g/mol. The summed E-state index contributed by atoms with van der Waals surface area (Å²) in [7, 11) is -3.78. The van der Waals surface area contributed by atoms with Gasteiger partial charge in [0.1, 0.15) is 6.10 Å². The van der Waals surface area contributed by atoms with Crippen molar-refractivity contribution in [3.8, 4) is 11.5 Å². The van der Waals surface area contributed by atoms with Crippen molar-refractivity contribution in [1.82, 2.24) is 0 Å². The van der Waals surface area contributed by atoms with Crippen molar-refractivity contribution < 1.29 is 36.8 Å². The van der Waals surface area contributed by atoms with Gasteiger partial charge in [-0.15, -0.1) is 0 Å². The number of hydrogen-bond acceptors (Lipinski definition) is 9. The fourth-order valence-corrected chi connectivity index (χ4v) is 3.87. The van der Waals surface area contributed by atoms with E-state index in [4.69, 9.17) is 24.5 Å². The highest BCUT2D eigenvalue weighted by Crippen LogP contribution is 2.36. The third-order valence-corrected chi connectivity index (χ3v) is 5.69. The molecule has 202 valence electrons. The van der Waals surface area contributed by atoms with Gasteiger partial charge in [-0.05, 0) is 65.2 Å². The van der Waals surface area contributed by atoms with Crippen molar-refractivity contribution in [2.24, 2.45) is 16.6 Å². The van der Waals surface area contributed by atoms with Gasteiger partial charge in [-0.1, -0.05) is 32.8 Å². The minimum atomic E-state index is -3.78.